The molecule has 3 heteroatoms. The SMILES string of the molecule is C[SiH](C)c1ccc(N=C=O)cc1. The summed E-state index contributed by atoms with van der Waals surface area (Å²) in [7, 11) is -0.710. The Labute approximate surface area is 73.6 Å². The standard InChI is InChI=1S/C9H11NOSi/c1-12(2)9-5-3-8(4-6-9)10-7-11/h3-6,12H,1-2H3. The van der Waals surface area contributed by atoms with Gasteiger partial charge in [-0.05, 0) is 12.1 Å². The zero-order valence-electron chi connectivity index (χ0n) is 7.24. The summed E-state index contributed by atoms with van der Waals surface area (Å²) in [5.41, 5.74) is 0.684. The van der Waals surface area contributed by atoms with E-state index in [1.807, 2.05) is 24.3 Å². The van der Waals surface area contributed by atoms with Crippen LogP contribution in [0.1, 0.15) is 0 Å². The molecule has 0 radical (unpaired) electrons. The van der Waals surface area contributed by atoms with Crippen LogP contribution in [0.5, 0.6) is 0 Å². The van der Waals surface area contributed by atoms with Gasteiger partial charge in [0.25, 0.3) is 0 Å². The third-order valence-electron chi connectivity index (χ3n) is 1.73. The van der Waals surface area contributed by atoms with Crippen LogP contribution in [0.25, 0.3) is 0 Å². The van der Waals surface area contributed by atoms with Gasteiger partial charge in [-0.15, -0.1) is 0 Å². The fourth-order valence-corrected chi connectivity index (χ4v) is 1.95. The molecule has 0 fully saturated rings. The van der Waals surface area contributed by atoms with Crippen molar-refractivity contribution in [2.75, 3.05) is 0 Å². The molecule has 0 spiro atoms. The number of carbonyl (C=O) groups excluding carboxylic acids is 1. The first kappa shape index (κ1) is 8.91. The first-order chi connectivity index (χ1) is 5.74. The molecule has 1 rings (SSSR count). The molecular formula is C9H11NOSi. The highest BCUT2D eigenvalue weighted by atomic mass is 28.3. The lowest BCUT2D eigenvalue weighted by Crippen LogP contribution is -2.21. The Bertz CT molecular complexity index is 299. The van der Waals surface area contributed by atoms with Gasteiger partial charge in [-0.25, -0.2) is 4.79 Å². The summed E-state index contributed by atoms with van der Waals surface area (Å²) in [4.78, 5) is 13.4. The molecule has 0 amide bonds. The van der Waals surface area contributed by atoms with Gasteiger partial charge in [-0.1, -0.05) is 30.4 Å². The first-order valence-electron chi connectivity index (χ1n) is 3.92. The summed E-state index contributed by atoms with van der Waals surface area (Å²) in [6.07, 6.45) is 1.52. The summed E-state index contributed by atoms with van der Waals surface area (Å²) < 4.78 is 0. The van der Waals surface area contributed by atoms with Gasteiger partial charge in [-0.3, -0.25) is 0 Å². The first-order valence-corrected chi connectivity index (χ1v) is 6.80. The molecule has 0 N–H and O–H groups in total. The van der Waals surface area contributed by atoms with Crippen LogP contribution < -0.4 is 5.19 Å². The Balaban J connectivity index is 2.92. The van der Waals surface area contributed by atoms with Crippen molar-refractivity contribution in [2.45, 2.75) is 13.1 Å². The van der Waals surface area contributed by atoms with Gasteiger partial charge in [0.2, 0.25) is 6.08 Å². The van der Waals surface area contributed by atoms with E-state index in [2.05, 4.69) is 18.1 Å². The second kappa shape index (κ2) is 4.00. The Hall–Kier alpha value is -1.18. The average Bonchev–Trinajstić information content (AvgIpc) is 2.06. The Morgan fingerprint density at radius 2 is 1.83 bits per heavy atom. The zero-order chi connectivity index (χ0) is 8.97. The molecule has 0 atom stereocenters. The fourth-order valence-electron chi connectivity index (χ4n) is 0.986. The maximum Gasteiger partial charge on any atom is 0.240 e. The molecule has 0 aromatic heterocycles. The maximum absolute atomic E-state index is 9.91. The van der Waals surface area contributed by atoms with E-state index in [1.165, 1.54) is 11.3 Å². The van der Waals surface area contributed by atoms with Crippen molar-refractivity contribution in [1.82, 2.24) is 0 Å². The second-order valence-electron chi connectivity index (χ2n) is 2.95. The van der Waals surface area contributed by atoms with Gasteiger partial charge >= 0.3 is 0 Å². The van der Waals surface area contributed by atoms with E-state index in [9.17, 15) is 4.79 Å². The largest absolute Gasteiger partial charge is 0.240 e. The molecule has 0 bridgehead atoms. The van der Waals surface area contributed by atoms with Gasteiger partial charge in [0, 0.05) is 0 Å². The van der Waals surface area contributed by atoms with Crippen molar-refractivity contribution in [3.63, 3.8) is 0 Å². The highest BCUT2D eigenvalue weighted by Gasteiger charge is 1.98. The Morgan fingerprint density at radius 3 is 2.25 bits per heavy atom. The molecule has 0 saturated heterocycles. The van der Waals surface area contributed by atoms with Crippen LogP contribution in [-0.4, -0.2) is 14.9 Å². The van der Waals surface area contributed by atoms with E-state index in [1.54, 1.807) is 0 Å². The third-order valence-corrected chi connectivity index (χ3v) is 3.45. The predicted molar refractivity (Wildman–Crippen MR) is 52.7 cm³/mol. The van der Waals surface area contributed by atoms with E-state index < -0.39 is 8.80 Å². The number of benzene rings is 1. The molecule has 1 aromatic rings. The van der Waals surface area contributed by atoms with Gasteiger partial charge in [0.05, 0.1) is 14.5 Å². The van der Waals surface area contributed by atoms with Crippen LogP contribution in [0, 0.1) is 0 Å². The molecular weight excluding hydrogens is 166 g/mol. The lowest BCUT2D eigenvalue weighted by Gasteiger charge is -2.01. The Kier molecular flexibility index (Phi) is 2.97. The van der Waals surface area contributed by atoms with Gasteiger partial charge < -0.3 is 0 Å². The van der Waals surface area contributed by atoms with E-state index >= 15 is 0 Å². The topological polar surface area (TPSA) is 29.4 Å². The van der Waals surface area contributed by atoms with Crippen LogP contribution >= 0.6 is 0 Å². The smallest absolute Gasteiger partial charge is 0.211 e. The minimum absolute atomic E-state index is 0.684. The monoisotopic (exact) mass is 177 g/mol. The highest BCUT2D eigenvalue weighted by Crippen LogP contribution is 2.07. The third kappa shape index (κ3) is 2.15. The maximum atomic E-state index is 9.91. The van der Waals surface area contributed by atoms with Crippen molar-refractivity contribution in [3.8, 4) is 0 Å². The Morgan fingerprint density at radius 1 is 1.25 bits per heavy atom. The number of isocyanates is 1. The van der Waals surface area contributed by atoms with E-state index in [0.717, 1.165) is 0 Å². The van der Waals surface area contributed by atoms with Crippen molar-refractivity contribution >= 4 is 25.8 Å². The molecule has 0 aliphatic heterocycles. The summed E-state index contributed by atoms with van der Waals surface area (Å²) in [5, 5.41) is 1.39. The van der Waals surface area contributed by atoms with E-state index in [0.29, 0.717) is 5.69 Å². The summed E-state index contributed by atoms with van der Waals surface area (Å²) in [6.45, 7) is 4.52. The normalized spacial score (nSPS) is 9.58. The minimum atomic E-state index is -0.710. The van der Waals surface area contributed by atoms with Gasteiger partial charge in [0.15, 0.2) is 0 Å². The predicted octanol–water partition coefficient (Wildman–Crippen LogP) is 1.35. The number of aliphatic imine (C=N–C) groups is 1. The number of hydrogen-bond acceptors (Lipinski definition) is 2. The van der Waals surface area contributed by atoms with Crippen LogP contribution in [0.2, 0.25) is 13.1 Å². The van der Waals surface area contributed by atoms with Crippen LogP contribution in [0.15, 0.2) is 29.3 Å². The zero-order valence-corrected chi connectivity index (χ0v) is 8.40. The van der Waals surface area contributed by atoms with Crippen LogP contribution in [0.4, 0.5) is 5.69 Å². The van der Waals surface area contributed by atoms with Crippen LogP contribution in [-0.2, 0) is 4.79 Å². The van der Waals surface area contributed by atoms with E-state index in [4.69, 9.17) is 0 Å². The molecule has 0 heterocycles. The number of hydrogen-bond donors (Lipinski definition) is 0. The van der Waals surface area contributed by atoms with Gasteiger partial charge in [0.1, 0.15) is 0 Å². The molecule has 2 nitrogen and oxygen atoms in total. The lowest BCUT2D eigenvalue weighted by molar-refractivity contribution is 0.565. The second-order valence-corrected chi connectivity index (χ2v) is 5.93. The van der Waals surface area contributed by atoms with Crippen molar-refractivity contribution in [2.24, 2.45) is 4.99 Å². The fraction of sp³-hybridized carbons (Fsp3) is 0.222. The quantitative estimate of drug-likeness (QED) is 0.381. The van der Waals surface area contributed by atoms with Crippen molar-refractivity contribution in [1.29, 1.82) is 0 Å². The van der Waals surface area contributed by atoms with E-state index in [-0.39, 0.29) is 0 Å². The molecule has 12 heavy (non-hydrogen) atoms. The number of nitrogens with zero attached hydrogens (tertiary/aromatic N) is 1. The average molecular weight is 177 g/mol. The summed E-state index contributed by atoms with van der Waals surface area (Å²) in [5.74, 6) is 0. The summed E-state index contributed by atoms with van der Waals surface area (Å²) >= 11 is 0. The van der Waals surface area contributed by atoms with Crippen LogP contribution in [0.3, 0.4) is 0 Å². The summed E-state index contributed by atoms with van der Waals surface area (Å²) in [6, 6.07) is 7.78. The lowest BCUT2D eigenvalue weighted by atomic mass is 10.3. The molecule has 62 valence electrons. The van der Waals surface area contributed by atoms with Gasteiger partial charge in [-0.2, -0.15) is 4.99 Å². The highest BCUT2D eigenvalue weighted by molar-refractivity contribution is 6.70. The van der Waals surface area contributed by atoms with Crippen molar-refractivity contribution in [3.05, 3.63) is 24.3 Å². The minimum Gasteiger partial charge on any atom is -0.211 e. The molecule has 0 aliphatic rings. The molecule has 0 aliphatic carbocycles. The number of rotatable bonds is 2. The molecule has 1 aromatic carbocycles. The van der Waals surface area contributed by atoms with Crippen molar-refractivity contribution < 1.29 is 4.79 Å². The molecule has 0 unspecified atom stereocenters. The molecule has 0 saturated carbocycles.